The first kappa shape index (κ1) is 85.4. The lowest BCUT2D eigenvalue weighted by atomic mass is 9.86. The number of alkyl carbamates (subject to hydrolysis) is 1. The number of halogens is 8. The highest BCUT2D eigenvalue weighted by Crippen LogP contribution is 2.36. The van der Waals surface area contributed by atoms with Gasteiger partial charge in [-0.15, -0.1) is 0 Å². The van der Waals surface area contributed by atoms with Crippen molar-refractivity contribution in [2.75, 3.05) is 14.2 Å². The average Bonchev–Trinajstić information content (AvgIpc) is 0.790. The highest BCUT2D eigenvalue weighted by Gasteiger charge is 2.37. The van der Waals surface area contributed by atoms with E-state index >= 15 is 0 Å². The Bertz CT molecular complexity index is 3710. The normalized spacial score (nSPS) is 13.2. The molecule has 0 fully saturated rings. The third kappa shape index (κ3) is 30.0. The van der Waals surface area contributed by atoms with E-state index in [4.69, 9.17) is 15.1 Å². The summed E-state index contributed by atoms with van der Waals surface area (Å²) in [5.74, 6) is -0.770. The summed E-state index contributed by atoms with van der Waals surface area (Å²) in [6.07, 6.45) is 5.65. The largest absolute Gasteiger partial charge is 0.481 e. The zero-order valence-corrected chi connectivity index (χ0v) is 69.8. The third-order valence-electron chi connectivity index (χ3n) is 15.2. The first-order valence-electron chi connectivity index (χ1n) is 30.8. The average molecular weight is 1820 g/mol. The number of hydrogen-bond donors (Lipinski definition) is 3. The Balaban J connectivity index is 0.000000294. The van der Waals surface area contributed by atoms with Crippen LogP contribution >= 0.6 is 127 Å². The van der Waals surface area contributed by atoms with Gasteiger partial charge in [0.2, 0.25) is 6.08 Å². The van der Waals surface area contributed by atoms with Gasteiger partial charge in [-0.1, -0.05) is 243 Å². The van der Waals surface area contributed by atoms with E-state index in [9.17, 15) is 19.2 Å². The summed E-state index contributed by atoms with van der Waals surface area (Å²) in [5.41, 5.74) is 9.46. The van der Waals surface area contributed by atoms with Crippen molar-refractivity contribution in [1.29, 1.82) is 5.26 Å². The summed E-state index contributed by atoms with van der Waals surface area (Å²) in [5, 5.41) is 25.1. The number of hydrogen-bond acceptors (Lipinski definition) is 9. The molecule has 2 heterocycles. The summed E-state index contributed by atoms with van der Waals surface area (Å²) in [4.78, 5) is 49.6. The summed E-state index contributed by atoms with van der Waals surface area (Å²) < 4.78 is 17.1. The Labute approximate surface area is 637 Å². The Morgan fingerprint density at radius 1 is 0.562 bits per heavy atom. The van der Waals surface area contributed by atoms with Crippen LogP contribution in [-0.4, -0.2) is 70.6 Å². The molecule has 0 atom stereocenters. The van der Waals surface area contributed by atoms with Crippen LogP contribution in [0.3, 0.4) is 0 Å². The smallest absolute Gasteiger partial charge is 0.410 e. The minimum Gasteiger partial charge on any atom is -0.481 e. The second-order valence-electron chi connectivity index (χ2n) is 26.7. The lowest BCUT2D eigenvalue weighted by Gasteiger charge is -2.42. The SMILES string of the molecule is BrCc1ccccc1Br.CC(C)(C#N)Cc1ccccc1Br.CC(C)(Cc1ccccc1Br)C(=O)O.CC(C)(Cc1ccccc1Br)N=C=O.CC1(C)Cc2c(Br)cccc2CN1.COC(=O)N1Cc2cccc(Br)c2CC1(C)C.COC(=O)NC(C)(C)Cc1ccccc1Br. The summed E-state index contributed by atoms with van der Waals surface area (Å²) >= 11 is 27.8. The van der Waals surface area contributed by atoms with Crippen LogP contribution in [0.25, 0.3) is 0 Å². The molecule has 96 heavy (non-hydrogen) atoms. The molecular weight excluding hydrogens is 1730 g/mol. The van der Waals surface area contributed by atoms with E-state index in [0.717, 1.165) is 83.0 Å². The molecule has 0 aliphatic carbocycles. The minimum atomic E-state index is -0.770. The number of rotatable bonds is 12. The summed E-state index contributed by atoms with van der Waals surface area (Å²) in [6.45, 7) is 25.3. The van der Waals surface area contributed by atoms with Crippen LogP contribution in [0.2, 0.25) is 0 Å². The molecule has 20 heteroatoms. The van der Waals surface area contributed by atoms with E-state index in [1.165, 1.54) is 56.5 Å². The van der Waals surface area contributed by atoms with Gasteiger partial charge in [0.15, 0.2) is 0 Å². The Hall–Kier alpha value is -4.78. The molecule has 516 valence electrons. The number of fused-ring (bicyclic) bond motifs is 2. The van der Waals surface area contributed by atoms with E-state index in [2.05, 4.69) is 212 Å². The summed E-state index contributed by atoms with van der Waals surface area (Å²) in [7, 11) is 2.79. The van der Waals surface area contributed by atoms with Gasteiger partial charge in [0.25, 0.3) is 0 Å². The summed E-state index contributed by atoms with van der Waals surface area (Å²) in [6, 6.07) is 54.6. The van der Waals surface area contributed by atoms with Crippen molar-refractivity contribution in [1.82, 2.24) is 15.5 Å². The molecule has 0 saturated carbocycles. The van der Waals surface area contributed by atoms with Gasteiger partial charge in [0, 0.05) is 66.3 Å². The minimum absolute atomic E-state index is 0.218. The van der Waals surface area contributed by atoms with Gasteiger partial charge in [0.1, 0.15) is 0 Å². The van der Waals surface area contributed by atoms with Crippen LogP contribution in [0.15, 0.2) is 194 Å². The maximum absolute atomic E-state index is 11.8. The molecule has 2 aliphatic heterocycles. The molecule has 7 aromatic carbocycles. The lowest BCUT2D eigenvalue weighted by molar-refractivity contribution is -0.146. The van der Waals surface area contributed by atoms with E-state index in [1.807, 2.05) is 169 Å². The fourth-order valence-electron chi connectivity index (χ4n) is 9.81. The number of carboxylic acid groups (broad SMARTS) is 1. The molecule has 0 aromatic heterocycles. The van der Waals surface area contributed by atoms with Crippen molar-refractivity contribution in [3.63, 3.8) is 0 Å². The van der Waals surface area contributed by atoms with Crippen molar-refractivity contribution in [3.8, 4) is 6.07 Å². The second-order valence-corrected chi connectivity index (χ2v) is 33.3. The Kier molecular flexibility index (Phi) is 36.0. The van der Waals surface area contributed by atoms with Gasteiger partial charge < -0.3 is 25.2 Å². The van der Waals surface area contributed by atoms with E-state index in [-0.39, 0.29) is 33.7 Å². The highest BCUT2D eigenvalue weighted by atomic mass is 79.9. The Morgan fingerprint density at radius 3 is 1.35 bits per heavy atom. The maximum Gasteiger partial charge on any atom is 0.410 e. The number of nitriles is 1. The maximum atomic E-state index is 11.8. The topological polar surface area (TPSA) is 170 Å². The first-order chi connectivity index (χ1) is 44.9. The van der Waals surface area contributed by atoms with Crippen LogP contribution in [0.4, 0.5) is 9.59 Å². The predicted molar refractivity (Wildman–Crippen MR) is 419 cm³/mol. The lowest BCUT2D eigenvalue weighted by Crippen LogP contribution is -2.51. The molecular formula is C76H89Br8N5O7. The first-order valence-corrected chi connectivity index (χ1v) is 37.5. The van der Waals surface area contributed by atoms with Gasteiger partial charge in [0.05, 0.1) is 36.7 Å². The van der Waals surface area contributed by atoms with Crippen molar-refractivity contribution >= 4 is 152 Å². The number of nitrogens with zero attached hydrogens (tertiary/aromatic N) is 3. The van der Waals surface area contributed by atoms with Crippen molar-refractivity contribution in [3.05, 3.63) is 239 Å². The third-order valence-corrected chi connectivity index (χ3v) is 21.1. The van der Waals surface area contributed by atoms with E-state index in [1.54, 1.807) is 24.8 Å². The standard InChI is InChI=1S/C13H16BrNO2.C12H16BrNO2.C11H12BrNO.C11H14BrN.C11H12BrN.C11H13BrO2.C7H6Br2/c1-13(2)7-10-9(5-4-6-11(10)14)8-15(13)12(16)17-3;1-12(2,14-11(15)16-3)8-9-6-4-5-7-10(9)13;1-11(2,13-8-14)7-9-5-3-4-6-10(9)12;1-11(2)6-9-8(7-13-11)4-3-5-10(9)12;1-11(2,8-13)7-9-5-3-4-6-10(9)12;1-11(2,10(13)14)7-8-5-3-4-6-9(8)12;8-5-6-3-1-2-4-7(6)9/h4-6H,7-8H2,1-3H3;4-7H,8H2,1-3H3,(H,14,15);3-6H,7H2,1-2H3;3-5,13H,6-7H2,1-2H3;3-6H,7H2,1-2H3;3-6H,7H2,1-2H3,(H,13,14);1-4H,5H2. The monoisotopic (exact) mass is 1820 g/mol. The number of isocyanates is 1. The molecule has 0 radical (unpaired) electrons. The number of amides is 2. The zero-order chi connectivity index (χ0) is 72.2. The number of aliphatic carboxylic acids is 1. The number of carbonyl (C=O) groups is 3. The second kappa shape index (κ2) is 40.5. The van der Waals surface area contributed by atoms with Crippen LogP contribution in [0, 0.1) is 22.2 Å². The van der Waals surface area contributed by atoms with Gasteiger partial charge in [-0.2, -0.15) is 10.3 Å². The van der Waals surface area contributed by atoms with Crippen LogP contribution in [0.1, 0.15) is 133 Å². The molecule has 0 unspecified atom stereocenters. The number of carbonyl (C=O) groups excluding carboxylic acids is 3. The molecule has 9 rings (SSSR count). The zero-order valence-electron chi connectivity index (χ0n) is 57.1. The molecule has 12 nitrogen and oxygen atoms in total. The van der Waals surface area contributed by atoms with Crippen LogP contribution in [-0.2, 0) is 76.0 Å². The van der Waals surface area contributed by atoms with Crippen molar-refractivity contribution < 1.29 is 33.8 Å². The van der Waals surface area contributed by atoms with E-state index in [0.29, 0.717) is 13.0 Å². The van der Waals surface area contributed by atoms with Crippen LogP contribution in [0.5, 0.6) is 0 Å². The van der Waals surface area contributed by atoms with Gasteiger partial charge >= 0.3 is 18.2 Å². The Morgan fingerprint density at radius 2 is 0.958 bits per heavy atom. The molecule has 3 N–H and O–H groups in total. The van der Waals surface area contributed by atoms with Crippen molar-refractivity contribution in [2.45, 2.75) is 162 Å². The molecule has 0 bridgehead atoms. The number of nitrogens with one attached hydrogen (secondary N) is 2. The van der Waals surface area contributed by atoms with Gasteiger partial charge in [-0.25, -0.2) is 14.4 Å². The number of alkyl halides is 1. The van der Waals surface area contributed by atoms with Crippen molar-refractivity contribution in [2.24, 2.45) is 15.8 Å². The van der Waals surface area contributed by atoms with Gasteiger partial charge in [-0.3, -0.25) is 9.69 Å². The van der Waals surface area contributed by atoms with E-state index < -0.39 is 17.5 Å². The fraction of sp³-hybridized carbons (Fsp3) is 0.382. The number of carboxylic acids is 1. The fourth-order valence-corrected chi connectivity index (χ4v) is 13.9. The van der Waals surface area contributed by atoms with Crippen LogP contribution < -0.4 is 10.6 Å². The highest BCUT2D eigenvalue weighted by molar-refractivity contribution is 9.11. The molecule has 2 amide bonds. The number of benzene rings is 7. The number of methoxy groups -OCH3 is 2. The predicted octanol–water partition coefficient (Wildman–Crippen LogP) is 22.4. The molecule has 2 aliphatic rings. The molecule has 0 saturated heterocycles. The number of aliphatic imine (C=N–C) groups is 1. The number of ether oxygens (including phenoxy) is 2. The quantitative estimate of drug-likeness (QED) is 0.0612. The molecule has 7 aromatic rings. The van der Waals surface area contributed by atoms with Gasteiger partial charge in [-0.05, 0) is 214 Å². The molecule has 0 spiro atoms.